The van der Waals surface area contributed by atoms with E-state index in [-0.39, 0.29) is 31.1 Å². The Kier molecular flexibility index (Phi) is 40.9. The van der Waals surface area contributed by atoms with Crippen molar-refractivity contribution in [1.29, 1.82) is 0 Å². The van der Waals surface area contributed by atoms with Gasteiger partial charge in [0.05, 0.1) is 0 Å². The molecular formula is C46H88O6. The zero-order valence-corrected chi connectivity index (χ0v) is 35.1. The molecule has 0 aliphatic carbocycles. The van der Waals surface area contributed by atoms with E-state index in [1.807, 2.05) is 0 Å². The number of rotatable bonds is 42. The van der Waals surface area contributed by atoms with Gasteiger partial charge in [-0.3, -0.25) is 14.4 Å². The van der Waals surface area contributed by atoms with Gasteiger partial charge in [0.25, 0.3) is 0 Å². The lowest BCUT2D eigenvalue weighted by atomic mass is 10.0. The molecule has 6 nitrogen and oxygen atoms in total. The zero-order chi connectivity index (χ0) is 38.0. The molecule has 6 heteroatoms. The Morgan fingerprint density at radius 3 is 0.769 bits per heavy atom. The van der Waals surface area contributed by atoms with Crippen LogP contribution in [0, 0.1) is 0 Å². The van der Waals surface area contributed by atoms with Crippen molar-refractivity contribution >= 4 is 17.9 Å². The molecule has 0 aromatic rings. The molecule has 0 aromatic carbocycles. The Balaban J connectivity index is 4.19. The summed E-state index contributed by atoms with van der Waals surface area (Å²) < 4.78 is 16.7. The van der Waals surface area contributed by atoms with Crippen LogP contribution in [0.15, 0.2) is 0 Å². The van der Waals surface area contributed by atoms with Gasteiger partial charge >= 0.3 is 17.9 Å². The number of hydrogen-bond acceptors (Lipinski definition) is 6. The molecule has 308 valence electrons. The van der Waals surface area contributed by atoms with Crippen molar-refractivity contribution in [2.45, 2.75) is 264 Å². The van der Waals surface area contributed by atoms with E-state index in [0.29, 0.717) is 19.3 Å². The molecule has 0 saturated heterocycles. The van der Waals surface area contributed by atoms with Crippen molar-refractivity contribution in [3.05, 3.63) is 0 Å². The number of hydrogen-bond donors (Lipinski definition) is 0. The minimum atomic E-state index is -0.756. The lowest BCUT2D eigenvalue weighted by molar-refractivity contribution is -0.167. The van der Waals surface area contributed by atoms with Crippen molar-refractivity contribution < 1.29 is 28.6 Å². The Labute approximate surface area is 323 Å². The molecule has 0 aliphatic heterocycles. The van der Waals surface area contributed by atoms with Crippen LogP contribution in [0.2, 0.25) is 0 Å². The smallest absolute Gasteiger partial charge is 0.306 e. The molecule has 0 aromatic heterocycles. The van der Waals surface area contributed by atoms with Crippen LogP contribution in [-0.2, 0) is 28.6 Å². The van der Waals surface area contributed by atoms with Gasteiger partial charge in [-0.2, -0.15) is 0 Å². The van der Waals surface area contributed by atoms with Gasteiger partial charge in [0.1, 0.15) is 13.2 Å². The first-order valence-corrected chi connectivity index (χ1v) is 23.0. The third-order valence-electron chi connectivity index (χ3n) is 10.4. The third-order valence-corrected chi connectivity index (χ3v) is 10.4. The quantitative estimate of drug-likeness (QED) is 0.0353. The summed E-state index contributed by atoms with van der Waals surface area (Å²) in [5, 5.41) is 0. The predicted octanol–water partition coefficient (Wildman–Crippen LogP) is 14.5. The number of unbranched alkanes of at least 4 members (excludes halogenated alkanes) is 31. The number of carbonyl (C=O) groups excluding carboxylic acids is 3. The molecule has 0 rings (SSSR count). The van der Waals surface area contributed by atoms with Gasteiger partial charge in [-0.15, -0.1) is 0 Å². The van der Waals surface area contributed by atoms with Gasteiger partial charge in [-0.25, -0.2) is 0 Å². The first-order chi connectivity index (χ1) is 25.5. The fourth-order valence-electron chi connectivity index (χ4n) is 6.85. The monoisotopic (exact) mass is 737 g/mol. The Bertz CT molecular complexity index is 768. The Morgan fingerprint density at radius 1 is 0.308 bits per heavy atom. The lowest BCUT2D eigenvalue weighted by Crippen LogP contribution is -2.30. The second-order valence-electron chi connectivity index (χ2n) is 15.7. The molecule has 0 saturated carbocycles. The van der Waals surface area contributed by atoms with Crippen molar-refractivity contribution in [1.82, 2.24) is 0 Å². The van der Waals surface area contributed by atoms with E-state index in [1.165, 1.54) is 161 Å². The van der Waals surface area contributed by atoms with Crippen LogP contribution < -0.4 is 0 Å². The highest BCUT2D eigenvalue weighted by atomic mass is 16.6. The molecule has 0 N–H and O–H groups in total. The molecule has 0 aliphatic rings. The van der Waals surface area contributed by atoms with Crippen LogP contribution in [0.4, 0.5) is 0 Å². The van der Waals surface area contributed by atoms with Gasteiger partial charge in [-0.05, 0) is 19.3 Å². The third kappa shape index (κ3) is 39.6. The van der Waals surface area contributed by atoms with E-state index in [9.17, 15) is 14.4 Å². The summed E-state index contributed by atoms with van der Waals surface area (Å²) in [4.78, 5) is 37.5. The molecule has 0 fully saturated rings. The summed E-state index contributed by atoms with van der Waals surface area (Å²) >= 11 is 0. The maximum absolute atomic E-state index is 12.6. The van der Waals surface area contributed by atoms with Gasteiger partial charge in [0.15, 0.2) is 6.10 Å². The van der Waals surface area contributed by atoms with E-state index in [4.69, 9.17) is 14.2 Å². The topological polar surface area (TPSA) is 78.9 Å². The second-order valence-corrected chi connectivity index (χ2v) is 15.7. The van der Waals surface area contributed by atoms with Gasteiger partial charge < -0.3 is 14.2 Å². The van der Waals surface area contributed by atoms with Crippen molar-refractivity contribution in [2.75, 3.05) is 13.2 Å². The fourth-order valence-corrected chi connectivity index (χ4v) is 6.85. The van der Waals surface area contributed by atoms with E-state index >= 15 is 0 Å². The van der Waals surface area contributed by atoms with Gasteiger partial charge in [0.2, 0.25) is 0 Å². The predicted molar refractivity (Wildman–Crippen MR) is 220 cm³/mol. The summed E-state index contributed by atoms with van der Waals surface area (Å²) in [5.74, 6) is -0.858. The van der Waals surface area contributed by atoms with Crippen LogP contribution in [-0.4, -0.2) is 37.2 Å². The van der Waals surface area contributed by atoms with Crippen LogP contribution in [0.1, 0.15) is 258 Å². The average Bonchev–Trinajstić information content (AvgIpc) is 3.14. The maximum Gasteiger partial charge on any atom is 0.306 e. The largest absolute Gasteiger partial charge is 0.462 e. The fraction of sp³-hybridized carbons (Fsp3) is 0.935. The molecule has 0 bridgehead atoms. The number of esters is 3. The van der Waals surface area contributed by atoms with Crippen LogP contribution >= 0.6 is 0 Å². The Morgan fingerprint density at radius 2 is 0.519 bits per heavy atom. The van der Waals surface area contributed by atoms with Crippen molar-refractivity contribution in [3.8, 4) is 0 Å². The standard InChI is InChI=1S/C46H88O6/c1-4-7-10-13-16-18-20-21-22-23-24-26-28-31-33-36-39-45(48)51-42-43(52-46(49)40-37-34-29-15-12-9-6-3)41-50-44(47)38-35-32-30-27-25-19-17-14-11-8-5-2/h43H,4-42H2,1-3H3/t43-/m0/s1. The molecule has 1 atom stereocenters. The Hall–Kier alpha value is -1.59. The second kappa shape index (κ2) is 42.2. The summed E-state index contributed by atoms with van der Waals surface area (Å²) in [7, 11) is 0. The molecule has 0 unspecified atom stereocenters. The molecule has 52 heavy (non-hydrogen) atoms. The van der Waals surface area contributed by atoms with Gasteiger partial charge in [0, 0.05) is 19.3 Å². The van der Waals surface area contributed by atoms with E-state index in [1.54, 1.807) is 0 Å². The number of carbonyl (C=O) groups is 3. The molecular weight excluding hydrogens is 649 g/mol. The molecule has 0 spiro atoms. The highest BCUT2D eigenvalue weighted by molar-refractivity contribution is 5.71. The summed E-state index contributed by atoms with van der Waals surface area (Å²) in [6, 6.07) is 0. The molecule has 0 radical (unpaired) electrons. The van der Waals surface area contributed by atoms with Crippen molar-refractivity contribution in [3.63, 3.8) is 0 Å². The highest BCUT2D eigenvalue weighted by Crippen LogP contribution is 2.16. The summed E-state index contributed by atoms with van der Waals surface area (Å²) in [5.41, 5.74) is 0. The minimum absolute atomic E-state index is 0.0633. The van der Waals surface area contributed by atoms with E-state index in [2.05, 4.69) is 20.8 Å². The highest BCUT2D eigenvalue weighted by Gasteiger charge is 2.19. The van der Waals surface area contributed by atoms with Crippen LogP contribution in [0.3, 0.4) is 0 Å². The molecule has 0 amide bonds. The normalized spacial score (nSPS) is 11.8. The lowest BCUT2D eigenvalue weighted by Gasteiger charge is -2.18. The maximum atomic E-state index is 12.6. The average molecular weight is 737 g/mol. The SMILES string of the molecule is CCCCCCCCCCCCCCCCCCC(=O)OC[C@H](COC(=O)CCCCCCCCCCCCC)OC(=O)CCCCCCCCC. The van der Waals surface area contributed by atoms with Crippen LogP contribution in [0.5, 0.6) is 0 Å². The first kappa shape index (κ1) is 50.4. The summed E-state index contributed by atoms with van der Waals surface area (Å²) in [6.45, 7) is 6.61. The summed E-state index contributed by atoms with van der Waals surface area (Å²) in [6.07, 6.45) is 42.4. The van der Waals surface area contributed by atoms with E-state index in [0.717, 1.165) is 57.8 Å². The van der Waals surface area contributed by atoms with Crippen molar-refractivity contribution in [2.24, 2.45) is 0 Å². The van der Waals surface area contributed by atoms with Gasteiger partial charge in [-0.1, -0.05) is 220 Å². The molecule has 0 heterocycles. The first-order valence-electron chi connectivity index (χ1n) is 23.0. The number of ether oxygens (including phenoxy) is 3. The van der Waals surface area contributed by atoms with E-state index < -0.39 is 6.10 Å². The minimum Gasteiger partial charge on any atom is -0.462 e. The van der Waals surface area contributed by atoms with Crippen LogP contribution in [0.25, 0.3) is 0 Å². The zero-order valence-electron chi connectivity index (χ0n) is 35.1.